The molecule has 0 radical (unpaired) electrons. The molecule has 0 saturated carbocycles. The number of carbonyl (C=O) groups is 1. The smallest absolute Gasteiger partial charge is 0.416 e. The van der Waals surface area contributed by atoms with Crippen LogP contribution in [0.25, 0.3) is 0 Å². The van der Waals surface area contributed by atoms with Gasteiger partial charge in [0.05, 0.1) is 12.1 Å². The van der Waals surface area contributed by atoms with Gasteiger partial charge in [0.2, 0.25) is 5.91 Å². The number of piperidine rings is 2. The van der Waals surface area contributed by atoms with Crippen molar-refractivity contribution in [1.29, 1.82) is 0 Å². The number of likely N-dealkylation sites (tertiary alicyclic amines) is 2. The molecule has 0 bridgehead atoms. The fourth-order valence-corrected chi connectivity index (χ4v) is 5.88. The van der Waals surface area contributed by atoms with E-state index in [0.29, 0.717) is 32.5 Å². The van der Waals surface area contributed by atoms with E-state index in [-0.39, 0.29) is 23.2 Å². The van der Waals surface area contributed by atoms with Crippen molar-refractivity contribution in [1.82, 2.24) is 9.80 Å². The lowest BCUT2D eigenvalue weighted by molar-refractivity contribution is -0.138. The Balaban J connectivity index is 1.20. The third-order valence-electron chi connectivity index (χ3n) is 7.84. The molecule has 5 rings (SSSR count). The maximum atomic E-state index is 13.3. The van der Waals surface area contributed by atoms with Gasteiger partial charge in [-0.2, -0.15) is 13.2 Å². The molecule has 3 aromatic rings. The van der Waals surface area contributed by atoms with Crippen LogP contribution in [0, 0.1) is 0 Å². The minimum absolute atomic E-state index is 0.0967. The molecular weight excluding hydrogens is 489 g/mol. The van der Waals surface area contributed by atoms with Gasteiger partial charge in [-0.15, -0.1) is 0 Å². The standard InChI is InChI=1S/C31H33F3N2O2/c32-31(33,34)26-13-7-14-28(21-26)38-27-15-19-36(20-16-27)29(37)22-35-18-8-17-30(23-35,24-9-3-1-4-10-24)25-11-5-2-6-12-25/h1-7,9-14,21,27H,8,15-20,22-23H2. The fourth-order valence-electron chi connectivity index (χ4n) is 5.88. The Labute approximate surface area is 222 Å². The number of hydrogen-bond donors (Lipinski definition) is 0. The third kappa shape index (κ3) is 5.88. The van der Waals surface area contributed by atoms with E-state index in [1.54, 1.807) is 6.07 Å². The Hall–Kier alpha value is -3.32. The lowest BCUT2D eigenvalue weighted by Gasteiger charge is -2.44. The average molecular weight is 523 g/mol. The van der Waals surface area contributed by atoms with Crippen molar-refractivity contribution in [3.05, 3.63) is 102 Å². The van der Waals surface area contributed by atoms with Crippen molar-refractivity contribution in [2.75, 3.05) is 32.7 Å². The van der Waals surface area contributed by atoms with Gasteiger partial charge in [0.1, 0.15) is 11.9 Å². The van der Waals surface area contributed by atoms with Crippen molar-refractivity contribution in [3.8, 4) is 5.75 Å². The molecule has 0 N–H and O–H groups in total. The van der Waals surface area contributed by atoms with Crippen molar-refractivity contribution in [2.45, 2.75) is 43.4 Å². The predicted octanol–water partition coefficient (Wildman–Crippen LogP) is 6.16. The fraction of sp³-hybridized carbons (Fsp3) is 0.387. The number of amides is 1. The molecule has 3 aromatic carbocycles. The van der Waals surface area contributed by atoms with Crippen molar-refractivity contribution in [2.24, 2.45) is 0 Å². The van der Waals surface area contributed by atoms with E-state index in [1.807, 2.05) is 17.0 Å². The van der Waals surface area contributed by atoms with Crippen LogP contribution in [0.5, 0.6) is 5.75 Å². The molecule has 0 unspecified atom stereocenters. The zero-order valence-electron chi connectivity index (χ0n) is 21.4. The lowest BCUT2D eigenvalue weighted by Crippen LogP contribution is -2.51. The predicted molar refractivity (Wildman–Crippen MR) is 141 cm³/mol. The highest BCUT2D eigenvalue weighted by molar-refractivity contribution is 5.78. The monoisotopic (exact) mass is 522 g/mol. The van der Waals surface area contributed by atoms with Gasteiger partial charge in [0.15, 0.2) is 0 Å². The quantitative estimate of drug-likeness (QED) is 0.389. The summed E-state index contributed by atoms with van der Waals surface area (Å²) in [5.41, 5.74) is 1.67. The van der Waals surface area contributed by atoms with Gasteiger partial charge < -0.3 is 9.64 Å². The maximum absolute atomic E-state index is 13.3. The van der Waals surface area contributed by atoms with Gasteiger partial charge in [-0.05, 0) is 48.7 Å². The first kappa shape index (κ1) is 26.3. The van der Waals surface area contributed by atoms with E-state index < -0.39 is 11.7 Å². The summed E-state index contributed by atoms with van der Waals surface area (Å²) in [4.78, 5) is 17.4. The highest BCUT2D eigenvalue weighted by Gasteiger charge is 2.39. The van der Waals surface area contributed by atoms with Crippen molar-refractivity contribution >= 4 is 5.91 Å². The van der Waals surface area contributed by atoms with Gasteiger partial charge in [0.25, 0.3) is 0 Å². The number of halogens is 3. The van der Waals surface area contributed by atoms with Crippen LogP contribution < -0.4 is 4.74 Å². The second-order valence-electron chi connectivity index (χ2n) is 10.4. The Bertz CT molecular complexity index is 1170. The number of hydrogen-bond acceptors (Lipinski definition) is 3. The molecule has 2 saturated heterocycles. The first-order chi connectivity index (χ1) is 18.3. The molecule has 0 atom stereocenters. The Morgan fingerprint density at radius 2 is 1.50 bits per heavy atom. The van der Waals surface area contributed by atoms with Gasteiger partial charge in [-0.3, -0.25) is 9.69 Å². The molecule has 0 aliphatic carbocycles. The minimum atomic E-state index is -4.40. The summed E-state index contributed by atoms with van der Waals surface area (Å²) in [5, 5.41) is 0. The zero-order chi connectivity index (χ0) is 26.6. The Morgan fingerprint density at radius 1 is 0.868 bits per heavy atom. The lowest BCUT2D eigenvalue weighted by atomic mass is 9.69. The topological polar surface area (TPSA) is 32.8 Å². The highest BCUT2D eigenvalue weighted by Crippen LogP contribution is 2.40. The molecule has 4 nitrogen and oxygen atoms in total. The number of carbonyl (C=O) groups excluding carboxylic acids is 1. The minimum Gasteiger partial charge on any atom is -0.490 e. The van der Waals surface area contributed by atoms with E-state index in [9.17, 15) is 18.0 Å². The van der Waals surface area contributed by atoms with E-state index >= 15 is 0 Å². The van der Waals surface area contributed by atoms with Crippen molar-refractivity contribution in [3.63, 3.8) is 0 Å². The van der Waals surface area contributed by atoms with Crippen molar-refractivity contribution < 1.29 is 22.7 Å². The first-order valence-electron chi connectivity index (χ1n) is 13.3. The number of nitrogens with zero attached hydrogens (tertiary/aromatic N) is 2. The number of benzene rings is 3. The van der Waals surface area contributed by atoms with E-state index in [2.05, 4.69) is 53.4 Å². The molecular formula is C31H33F3N2O2. The molecule has 1 amide bonds. The molecule has 0 aromatic heterocycles. The largest absolute Gasteiger partial charge is 0.490 e. The van der Waals surface area contributed by atoms with Crippen LogP contribution in [0.2, 0.25) is 0 Å². The second kappa shape index (κ2) is 11.2. The molecule has 2 aliphatic heterocycles. The molecule has 38 heavy (non-hydrogen) atoms. The molecule has 2 aliphatic rings. The van der Waals surface area contributed by atoms with Crippen LogP contribution in [-0.2, 0) is 16.4 Å². The summed E-state index contributed by atoms with van der Waals surface area (Å²) < 4.78 is 44.9. The van der Waals surface area contributed by atoms with Crippen LogP contribution in [0.3, 0.4) is 0 Å². The second-order valence-corrected chi connectivity index (χ2v) is 10.4. The van der Waals surface area contributed by atoms with Crippen LogP contribution in [0.15, 0.2) is 84.9 Å². The van der Waals surface area contributed by atoms with Gasteiger partial charge >= 0.3 is 6.18 Å². The molecule has 2 heterocycles. The highest BCUT2D eigenvalue weighted by atomic mass is 19.4. The molecule has 0 spiro atoms. The van der Waals surface area contributed by atoms with Gasteiger partial charge in [0, 0.05) is 37.9 Å². The zero-order valence-corrected chi connectivity index (χ0v) is 21.4. The summed E-state index contributed by atoms with van der Waals surface area (Å²) in [7, 11) is 0. The number of ether oxygens (including phenoxy) is 1. The van der Waals surface area contributed by atoms with Crippen LogP contribution in [0.1, 0.15) is 42.4 Å². The molecule has 2 fully saturated rings. The maximum Gasteiger partial charge on any atom is 0.416 e. The summed E-state index contributed by atoms with van der Waals surface area (Å²) in [6.07, 6.45) is -1.38. The SMILES string of the molecule is O=C(CN1CCCC(c2ccccc2)(c2ccccc2)C1)N1CCC(Oc2cccc(C(F)(F)F)c2)CC1. The molecule has 7 heteroatoms. The number of rotatable bonds is 6. The van der Waals surface area contributed by atoms with E-state index in [0.717, 1.165) is 38.1 Å². The number of alkyl halides is 3. The van der Waals surface area contributed by atoms with E-state index in [1.165, 1.54) is 17.2 Å². The average Bonchev–Trinajstić information content (AvgIpc) is 2.94. The van der Waals surface area contributed by atoms with Crippen LogP contribution in [-0.4, -0.2) is 54.5 Å². The van der Waals surface area contributed by atoms with Crippen LogP contribution >= 0.6 is 0 Å². The van der Waals surface area contributed by atoms with Gasteiger partial charge in [-0.25, -0.2) is 0 Å². The normalized spacial score (nSPS) is 18.8. The summed E-state index contributed by atoms with van der Waals surface area (Å²) in [6, 6.07) is 26.1. The van der Waals surface area contributed by atoms with E-state index in [4.69, 9.17) is 4.74 Å². The van der Waals surface area contributed by atoms with Crippen LogP contribution in [0.4, 0.5) is 13.2 Å². The summed E-state index contributed by atoms with van der Waals surface area (Å²) in [6.45, 7) is 3.10. The molecule has 200 valence electrons. The Kier molecular flexibility index (Phi) is 7.75. The Morgan fingerprint density at radius 3 is 2.11 bits per heavy atom. The summed E-state index contributed by atoms with van der Waals surface area (Å²) >= 11 is 0. The third-order valence-corrected chi connectivity index (χ3v) is 7.84. The van der Waals surface area contributed by atoms with Gasteiger partial charge in [-0.1, -0.05) is 66.7 Å². The summed E-state index contributed by atoms with van der Waals surface area (Å²) in [5.74, 6) is 0.315. The first-order valence-corrected chi connectivity index (χ1v) is 13.3.